The van der Waals surface area contributed by atoms with Crippen molar-refractivity contribution in [3.05, 3.63) is 33.6 Å². The normalized spacial score (nSPS) is 16.0. The first-order chi connectivity index (χ1) is 13.4. The molecule has 0 spiro atoms. The van der Waals surface area contributed by atoms with E-state index >= 15 is 0 Å². The molecule has 1 aliphatic rings. The number of imide groups is 1. The summed E-state index contributed by atoms with van der Waals surface area (Å²) in [5, 5.41) is 5.50. The van der Waals surface area contributed by atoms with Gasteiger partial charge in [0.2, 0.25) is 5.91 Å². The van der Waals surface area contributed by atoms with Gasteiger partial charge in [-0.1, -0.05) is 42.6 Å². The van der Waals surface area contributed by atoms with E-state index < -0.39 is 17.2 Å². The molecule has 1 fully saturated rings. The smallest absolute Gasteiger partial charge is 0.321 e. The maximum Gasteiger partial charge on any atom is 0.321 e. The van der Waals surface area contributed by atoms with Gasteiger partial charge in [-0.05, 0) is 38.0 Å². The molecule has 0 bridgehead atoms. The minimum absolute atomic E-state index is 0.0607. The molecule has 9 heteroatoms. The van der Waals surface area contributed by atoms with Crippen LogP contribution >= 0.6 is 23.4 Å². The molecule has 0 saturated heterocycles. The summed E-state index contributed by atoms with van der Waals surface area (Å²) in [7, 11) is 1.44. The van der Waals surface area contributed by atoms with Gasteiger partial charge in [0.05, 0.1) is 16.2 Å². The molecular formula is C19H23ClN4O3S. The van der Waals surface area contributed by atoms with Gasteiger partial charge >= 0.3 is 6.03 Å². The van der Waals surface area contributed by atoms with E-state index in [9.17, 15) is 14.4 Å². The topological polar surface area (TPSA) is 93.1 Å². The quantitative estimate of drug-likeness (QED) is 0.581. The minimum Gasteiger partial charge on any atom is -0.341 e. The lowest BCUT2D eigenvalue weighted by atomic mass is 9.95. The van der Waals surface area contributed by atoms with E-state index in [1.165, 1.54) is 18.8 Å². The molecule has 1 aromatic carbocycles. The Balaban J connectivity index is 2.02. The highest BCUT2D eigenvalue weighted by Crippen LogP contribution is 2.32. The van der Waals surface area contributed by atoms with Crippen LogP contribution < -0.4 is 16.2 Å². The Morgan fingerprint density at radius 3 is 2.68 bits per heavy atom. The van der Waals surface area contributed by atoms with E-state index in [1.807, 2.05) is 0 Å². The van der Waals surface area contributed by atoms with Crippen molar-refractivity contribution in [2.24, 2.45) is 0 Å². The largest absolute Gasteiger partial charge is 0.341 e. The fourth-order valence-electron chi connectivity index (χ4n) is 3.38. The number of fused-ring (bicyclic) bond motifs is 1. The third kappa shape index (κ3) is 4.50. The fraction of sp³-hybridized carbons (Fsp3) is 0.474. The summed E-state index contributed by atoms with van der Waals surface area (Å²) < 4.78 is 1.73. The van der Waals surface area contributed by atoms with Gasteiger partial charge in [0, 0.05) is 18.1 Å². The number of halogens is 1. The average molecular weight is 423 g/mol. The van der Waals surface area contributed by atoms with Crippen LogP contribution in [0.3, 0.4) is 0 Å². The molecule has 2 aromatic rings. The number of amides is 3. The minimum atomic E-state index is -0.601. The number of hydrogen-bond donors (Lipinski definition) is 2. The Hall–Kier alpha value is -2.06. The van der Waals surface area contributed by atoms with Crippen molar-refractivity contribution in [2.75, 3.05) is 7.05 Å². The number of benzene rings is 1. The molecule has 3 rings (SSSR count). The molecule has 150 valence electrons. The first kappa shape index (κ1) is 20.7. The summed E-state index contributed by atoms with van der Waals surface area (Å²) in [4.78, 5) is 41.6. The summed E-state index contributed by atoms with van der Waals surface area (Å²) in [6, 6.07) is 4.53. The van der Waals surface area contributed by atoms with Gasteiger partial charge in [-0.15, -0.1) is 0 Å². The van der Waals surface area contributed by atoms with Gasteiger partial charge in [-0.2, -0.15) is 0 Å². The number of nitrogens with one attached hydrogen (secondary N) is 2. The highest BCUT2D eigenvalue weighted by molar-refractivity contribution is 8.00. The van der Waals surface area contributed by atoms with E-state index in [0.717, 1.165) is 32.1 Å². The Morgan fingerprint density at radius 2 is 2.00 bits per heavy atom. The molecule has 1 saturated carbocycles. The molecule has 2 N–H and O–H groups in total. The van der Waals surface area contributed by atoms with Gasteiger partial charge in [-0.3, -0.25) is 19.5 Å². The van der Waals surface area contributed by atoms with E-state index in [0.29, 0.717) is 21.1 Å². The van der Waals surface area contributed by atoms with Crippen molar-refractivity contribution in [1.29, 1.82) is 0 Å². The lowest BCUT2D eigenvalue weighted by Crippen LogP contribution is -2.41. The van der Waals surface area contributed by atoms with Crippen LogP contribution in [0.5, 0.6) is 0 Å². The first-order valence-corrected chi connectivity index (χ1v) is 10.6. The van der Waals surface area contributed by atoms with Crippen molar-refractivity contribution in [3.63, 3.8) is 0 Å². The molecule has 1 aliphatic carbocycles. The molecule has 3 amide bonds. The third-order valence-electron chi connectivity index (χ3n) is 4.89. The van der Waals surface area contributed by atoms with E-state index in [4.69, 9.17) is 11.6 Å². The number of carbonyl (C=O) groups excluding carboxylic acids is 2. The molecule has 1 aromatic heterocycles. The third-order valence-corrected chi connectivity index (χ3v) is 6.19. The Labute approximate surface area is 172 Å². The number of urea groups is 1. The van der Waals surface area contributed by atoms with Crippen molar-refractivity contribution in [2.45, 2.75) is 55.5 Å². The summed E-state index contributed by atoms with van der Waals surface area (Å²) in [6.45, 7) is 1.68. The number of aromatic nitrogens is 2. The van der Waals surface area contributed by atoms with Crippen LogP contribution in [-0.2, 0) is 4.79 Å². The molecule has 7 nitrogen and oxygen atoms in total. The van der Waals surface area contributed by atoms with Gasteiger partial charge in [0.15, 0.2) is 5.16 Å². The number of nitrogens with zero attached hydrogens (tertiary/aromatic N) is 2. The lowest BCUT2D eigenvalue weighted by molar-refractivity contribution is -0.119. The van der Waals surface area contributed by atoms with Crippen molar-refractivity contribution >= 4 is 46.2 Å². The lowest BCUT2D eigenvalue weighted by Gasteiger charge is -2.26. The number of rotatable bonds is 4. The van der Waals surface area contributed by atoms with Crippen molar-refractivity contribution in [3.8, 4) is 0 Å². The van der Waals surface area contributed by atoms with Crippen LogP contribution in [0.25, 0.3) is 10.9 Å². The second-order valence-electron chi connectivity index (χ2n) is 6.85. The molecule has 28 heavy (non-hydrogen) atoms. The van der Waals surface area contributed by atoms with Gasteiger partial charge in [0.1, 0.15) is 0 Å². The van der Waals surface area contributed by atoms with Gasteiger partial charge in [0.25, 0.3) is 5.56 Å². The first-order valence-electron chi connectivity index (χ1n) is 9.31. The van der Waals surface area contributed by atoms with Crippen LogP contribution in [0.4, 0.5) is 4.79 Å². The molecule has 0 aliphatic heterocycles. The predicted molar refractivity (Wildman–Crippen MR) is 111 cm³/mol. The summed E-state index contributed by atoms with van der Waals surface area (Å²) in [6.07, 6.45) is 5.11. The molecule has 0 unspecified atom stereocenters. The zero-order valence-electron chi connectivity index (χ0n) is 15.8. The summed E-state index contributed by atoms with van der Waals surface area (Å²) >= 11 is 7.25. The molecular weight excluding hydrogens is 400 g/mol. The average Bonchev–Trinajstić information content (AvgIpc) is 2.68. The van der Waals surface area contributed by atoms with Crippen LogP contribution in [0.15, 0.2) is 28.2 Å². The van der Waals surface area contributed by atoms with Crippen molar-refractivity contribution < 1.29 is 9.59 Å². The molecule has 0 radical (unpaired) electrons. The number of thioether (sulfide) groups is 1. The second kappa shape index (κ2) is 8.96. The SMILES string of the molecule is CNC(=O)NC(=O)[C@H](C)Sc1nc2cc(Cl)ccc2c(=O)n1C1CCCCC1. The van der Waals surface area contributed by atoms with Crippen LogP contribution in [0.1, 0.15) is 45.1 Å². The summed E-state index contributed by atoms with van der Waals surface area (Å²) in [5.41, 5.74) is 0.390. The van der Waals surface area contributed by atoms with Crippen molar-refractivity contribution in [1.82, 2.24) is 20.2 Å². The summed E-state index contributed by atoms with van der Waals surface area (Å²) in [5.74, 6) is -0.444. The molecule has 1 atom stereocenters. The highest BCUT2D eigenvalue weighted by atomic mass is 35.5. The second-order valence-corrected chi connectivity index (χ2v) is 8.60. The zero-order chi connectivity index (χ0) is 20.3. The van der Waals surface area contributed by atoms with E-state index in [-0.39, 0.29) is 11.6 Å². The van der Waals surface area contributed by atoms with Gasteiger partial charge in [-0.25, -0.2) is 9.78 Å². The molecule has 1 heterocycles. The zero-order valence-corrected chi connectivity index (χ0v) is 17.4. The highest BCUT2D eigenvalue weighted by Gasteiger charge is 2.25. The Bertz CT molecular complexity index is 956. The Kier molecular flexibility index (Phi) is 6.61. The van der Waals surface area contributed by atoms with Crippen LogP contribution in [0.2, 0.25) is 5.02 Å². The van der Waals surface area contributed by atoms with Gasteiger partial charge < -0.3 is 5.32 Å². The monoisotopic (exact) mass is 422 g/mol. The predicted octanol–water partition coefficient (Wildman–Crippen LogP) is 3.49. The standard InChI is InChI=1S/C19H23ClN4O3S/c1-11(16(25)23-18(27)21-2)28-19-22-15-10-12(20)8-9-14(15)17(26)24(19)13-6-4-3-5-7-13/h8-11,13H,3-7H2,1-2H3,(H2,21,23,25,27)/t11-/m0/s1. The number of carbonyl (C=O) groups is 2. The van der Waals surface area contributed by atoms with E-state index in [1.54, 1.807) is 29.7 Å². The van der Waals surface area contributed by atoms with Crippen LogP contribution in [0, 0.1) is 0 Å². The fourth-order valence-corrected chi connectivity index (χ4v) is 4.53. The van der Waals surface area contributed by atoms with Crippen LogP contribution in [-0.4, -0.2) is 33.8 Å². The van der Waals surface area contributed by atoms with E-state index in [2.05, 4.69) is 15.6 Å². The number of hydrogen-bond acceptors (Lipinski definition) is 5. The maximum atomic E-state index is 13.2. The maximum absolute atomic E-state index is 13.2. The Morgan fingerprint density at radius 1 is 1.29 bits per heavy atom.